The van der Waals surface area contributed by atoms with Gasteiger partial charge < -0.3 is 16.4 Å². The number of hydrogen-bond donors (Lipinski definition) is 3. The molecule has 0 spiro atoms. The average molecular weight is 291 g/mol. The normalized spacial score (nSPS) is 11.5. The van der Waals surface area contributed by atoms with Gasteiger partial charge in [0.05, 0.1) is 0 Å². The quantitative estimate of drug-likeness (QED) is 0.708. The van der Waals surface area contributed by atoms with Crippen LogP contribution in [-0.2, 0) is 9.59 Å². The monoisotopic (exact) mass is 291 g/mol. The van der Waals surface area contributed by atoms with Crippen LogP contribution in [0.3, 0.4) is 0 Å². The molecule has 3 amide bonds. The third-order valence-corrected chi connectivity index (χ3v) is 2.96. The highest BCUT2D eigenvalue weighted by Crippen LogP contribution is 2.10. The van der Waals surface area contributed by atoms with Crippen molar-refractivity contribution in [2.75, 3.05) is 5.32 Å². The van der Waals surface area contributed by atoms with Crippen molar-refractivity contribution < 1.29 is 14.4 Å². The summed E-state index contributed by atoms with van der Waals surface area (Å²) in [5, 5.41) is 5.24. The topological polar surface area (TPSA) is 101 Å². The number of nitrogens with one attached hydrogen (secondary N) is 2. The highest BCUT2D eigenvalue weighted by Gasteiger charge is 2.18. The lowest BCUT2D eigenvalue weighted by Crippen LogP contribution is -2.44. The zero-order chi connectivity index (χ0) is 15.8. The zero-order valence-corrected chi connectivity index (χ0v) is 12.3. The molecule has 1 atom stereocenters. The summed E-state index contributed by atoms with van der Waals surface area (Å²) in [4.78, 5) is 34.3. The molecule has 0 unspecified atom stereocenters. The predicted octanol–water partition coefficient (Wildman–Crippen LogP) is 1.42. The summed E-state index contributed by atoms with van der Waals surface area (Å²) in [5.41, 5.74) is 6.30. The molecule has 1 rings (SSSR count). The highest BCUT2D eigenvalue weighted by molar-refractivity contribution is 5.98. The molecule has 0 bridgehead atoms. The summed E-state index contributed by atoms with van der Waals surface area (Å²) in [6.07, 6.45) is 2.27. The number of carbonyl (C=O) groups excluding carboxylic acids is 3. The fourth-order valence-corrected chi connectivity index (χ4v) is 1.84. The zero-order valence-electron chi connectivity index (χ0n) is 12.3. The maximum absolute atomic E-state index is 12.0. The standard InChI is InChI=1S/C15H21N3O3/c1-3-4-5-13(14(16)20)18-15(21)11-6-8-12(9-7-11)17-10(2)19/h6-9,13H,3-5H2,1-2H3,(H2,16,20)(H,17,19)(H,18,21)/t13-/m1/s1. The SMILES string of the molecule is CCCC[C@@H](NC(=O)c1ccc(NC(C)=O)cc1)C(N)=O. The molecule has 0 saturated carbocycles. The Labute approximate surface area is 124 Å². The molecule has 0 saturated heterocycles. The first kappa shape index (κ1) is 16.7. The van der Waals surface area contributed by atoms with E-state index in [0.29, 0.717) is 17.7 Å². The van der Waals surface area contributed by atoms with Crippen molar-refractivity contribution in [2.24, 2.45) is 5.73 Å². The van der Waals surface area contributed by atoms with Gasteiger partial charge >= 0.3 is 0 Å². The van der Waals surface area contributed by atoms with Crippen LogP contribution in [0.25, 0.3) is 0 Å². The average Bonchev–Trinajstić information content (AvgIpc) is 2.43. The summed E-state index contributed by atoms with van der Waals surface area (Å²) < 4.78 is 0. The molecule has 0 aromatic heterocycles. The van der Waals surface area contributed by atoms with E-state index in [-0.39, 0.29) is 11.8 Å². The first-order chi connectivity index (χ1) is 9.93. The molecule has 1 aromatic rings. The summed E-state index contributed by atoms with van der Waals surface area (Å²) >= 11 is 0. The minimum atomic E-state index is -0.660. The van der Waals surface area contributed by atoms with Gasteiger partial charge in [0.15, 0.2) is 0 Å². The van der Waals surface area contributed by atoms with Crippen LogP contribution in [0.4, 0.5) is 5.69 Å². The third kappa shape index (κ3) is 5.64. The molecule has 21 heavy (non-hydrogen) atoms. The van der Waals surface area contributed by atoms with Crippen molar-refractivity contribution in [3.8, 4) is 0 Å². The molecular weight excluding hydrogens is 270 g/mol. The smallest absolute Gasteiger partial charge is 0.251 e. The Morgan fingerprint density at radius 2 is 1.81 bits per heavy atom. The molecule has 0 fully saturated rings. The van der Waals surface area contributed by atoms with E-state index in [2.05, 4.69) is 10.6 Å². The van der Waals surface area contributed by atoms with Crippen molar-refractivity contribution in [3.05, 3.63) is 29.8 Å². The summed E-state index contributed by atoms with van der Waals surface area (Å²) in [5.74, 6) is -1.07. The number of benzene rings is 1. The lowest BCUT2D eigenvalue weighted by molar-refractivity contribution is -0.120. The fourth-order valence-electron chi connectivity index (χ4n) is 1.84. The molecule has 6 nitrogen and oxygen atoms in total. The van der Waals surface area contributed by atoms with Gasteiger partial charge in [-0.15, -0.1) is 0 Å². The molecule has 4 N–H and O–H groups in total. The molecule has 0 radical (unpaired) electrons. The van der Waals surface area contributed by atoms with E-state index in [1.807, 2.05) is 6.92 Å². The van der Waals surface area contributed by atoms with Crippen LogP contribution in [0.15, 0.2) is 24.3 Å². The van der Waals surface area contributed by atoms with Gasteiger partial charge in [-0.05, 0) is 30.7 Å². The van der Waals surface area contributed by atoms with Gasteiger partial charge in [0, 0.05) is 18.2 Å². The second-order valence-corrected chi connectivity index (χ2v) is 4.83. The maximum atomic E-state index is 12.0. The van der Waals surface area contributed by atoms with Crippen molar-refractivity contribution in [2.45, 2.75) is 39.2 Å². The van der Waals surface area contributed by atoms with Gasteiger partial charge in [0.2, 0.25) is 11.8 Å². The maximum Gasteiger partial charge on any atom is 0.251 e. The minimum absolute atomic E-state index is 0.180. The Balaban J connectivity index is 2.69. The molecule has 114 valence electrons. The first-order valence-electron chi connectivity index (χ1n) is 6.92. The van der Waals surface area contributed by atoms with Crippen molar-refractivity contribution >= 4 is 23.4 Å². The minimum Gasteiger partial charge on any atom is -0.368 e. The van der Waals surface area contributed by atoms with E-state index in [1.165, 1.54) is 6.92 Å². The Bertz CT molecular complexity index is 511. The van der Waals surface area contributed by atoms with Crippen LogP contribution in [0.2, 0.25) is 0 Å². The number of hydrogen-bond acceptors (Lipinski definition) is 3. The molecular formula is C15H21N3O3. The van der Waals surface area contributed by atoms with Crippen LogP contribution >= 0.6 is 0 Å². The largest absolute Gasteiger partial charge is 0.368 e. The van der Waals surface area contributed by atoms with E-state index in [4.69, 9.17) is 5.73 Å². The Hall–Kier alpha value is -2.37. The number of amides is 3. The Morgan fingerprint density at radius 1 is 1.19 bits per heavy atom. The van der Waals surface area contributed by atoms with Crippen LogP contribution < -0.4 is 16.4 Å². The van der Waals surface area contributed by atoms with E-state index >= 15 is 0 Å². The number of unbranched alkanes of at least 4 members (excludes halogenated alkanes) is 1. The summed E-state index contributed by atoms with van der Waals surface area (Å²) in [7, 11) is 0. The summed E-state index contributed by atoms with van der Waals surface area (Å²) in [6.45, 7) is 3.41. The summed E-state index contributed by atoms with van der Waals surface area (Å²) in [6, 6.07) is 5.76. The van der Waals surface area contributed by atoms with Crippen molar-refractivity contribution in [1.82, 2.24) is 5.32 Å². The number of nitrogens with two attached hydrogens (primary N) is 1. The third-order valence-electron chi connectivity index (χ3n) is 2.96. The predicted molar refractivity (Wildman–Crippen MR) is 80.7 cm³/mol. The molecule has 0 aliphatic rings. The van der Waals surface area contributed by atoms with Crippen LogP contribution in [-0.4, -0.2) is 23.8 Å². The van der Waals surface area contributed by atoms with Gasteiger partial charge in [-0.25, -0.2) is 0 Å². The van der Waals surface area contributed by atoms with Crippen LogP contribution in [0.5, 0.6) is 0 Å². The van der Waals surface area contributed by atoms with Crippen molar-refractivity contribution in [1.29, 1.82) is 0 Å². The van der Waals surface area contributed by atoms with Gasteiger partial charge in [0.1, 0.15) is 6.04 Å². The molecule has 6 heteroatoms. The number of rotatable bonds is 7. The molecule has 0 heterocycles. The second-order valence-electron chi connectivity index (χ2n) is 4.83. The first-order valence-corrected chi connectivity index (χ1v) is 6.92. The fraction of sp³-hybridized carbons (Fsp3) is 0.400. The highest BCUT2D eigenvalue weighted by atomic mass is 16.2. The number of anilines is 1. The Kier molecular flexibility index (Phi) is 6.39. The Morgan fingerprint density at radius 3 is 2.29 bits per heavy atom. The van der Waals surface area contributed by atoms with Gasteiger partial charge in [0.25, 0.3) is 5.91 Å². The van der Waals surface area contributed by atoms with E-state index in [1.54, 1.807) is 24.3 Å². The lowest BCUT2D eigenvalue weighted by atomic mass is 10.1. The molecule has 1 aromatic carbocycles. The van der Waals surface area contributed by atoms with Gasteiger partial charge in [-0.3, -0.25) is 14.4 Å². The van der Waals surface area contributed by atoms with Crippen LogP contribution in [0.1, 0.15) is 43.5 Å². The molecule has 0 aliphatic carbocycles. The van der Waals surface area contributed by atoms with E-state index < -0.39 is 11.9 Å². The van der Waals surface area contributed by atoms with Gasteiger partial charge in [-0.1, -0.05) is 19.8 Å². The second kappa shape index (κ2) is 8.04. The number of carbonyl (C=O) groups is 3. The number of primary amides is 1. The molecule has 0 aliphatic heterocycles. The van der Waals surface area contributed by atoms with E-state index in [9.17, 15) is 14.4 Å². The lowest BCUT2D eigenvalue weighted by Gasteiger charge is -2.15. The van der Waals surface area contributed by atoms with Gasteiger partial charge in [-0.2, -0.15) is 0 Å². The van der Waals surface area contributed by atoms with E-state index in [0.717, 1.165) is 12.8 Å². The van der Waals surface area contributed by atoms with Crippen LogP contribution in [0, 0.1) is 0 Å². The van der Waals surface area contributed by atoms with Crippen molar-refractivity contribution in [3.63, 3.8) is 0 Å².